The number of anilines is 1. The van der Waals surface area contributed by atoms with E-state index in [4.69, 9.17) is 18.9 Å². The van der Waals surface area contributed by atoms with Crippen LogP contribution in [-0.4, -0.2) is 39.3 Å². The summed E-state index contributed by atoms with van der Waals surface area (Å²) in [5.74, 6) is 1.33. The van der Waals surface area contributed by atoms with Gasteiger partial charge >= 0.3 is 0 Å². The van der Waals surface area contributed by atoms with Crippen molar-refractivity contribution < 1.29 is 23.7 Å². The molecule has 7 nitrogen and oxygen atoms in total. The van der Waals surface area contributed by atoms with Gasteiger partial charge in [-0.25, -0.2) is 4.98 Å². The Bertz CT molecular complexity index is 678. The molecule has 0 fully saturated rings. The number of rotatable bonds is 6. The smallest absolute Gasteiger partial charge is 0.255 e. The van der Waals surface area contributed by atoms with Crippen molar-refractivity contribution in [2.24, 2.45) is 0 Å². The summed E-state index contributed by atoms with van der Waals surface area (Å²) in [6, 6.07) is 6.44. The monoisotopic (exact) mass is 318 g/mol. The fraction of sp³-hybridized carbons (Fsp3) is 0.250. The van der Waals surface area contributed by atoms with Crippen molar-refractivity contribution >= 4 is 11.6 Å². The van der Waals surface area contributed by atoms with Crippen LogP contribution in [0, 0.1) is 0 Å². The van der Waals surface area contributed by atoms with E-state index in [1.807, 2.05) is 0 Å². The highest BCUT2D eigenvalue weighted by Gasteiger charge is 2.17. The molecule has 0 spiro atoms. The Kier molecular flexibility index (Phi) is 5.24. The maximum Gasteiger partial charge on any atom is 0.255 e. The molecule has 0 aliphatic carbocycles. The first-order valence-electron chi connectivity index (χ1n) is 6.74. The van der Waals surface area contributed by atoms with Crippen molar-refractivity contribution in [1.29, 1.82) is 0 Å². The molecule has 122 valence electrons. The molecule has 0 radical (unpaired) electrons. The molecule has 0 atom stereocenters. The summed E-state index contributed by atoms with van der Waals surface area (Å²) in [5.41, 5.74) is 0.936. The second-order valence-corrected chi connectivity index (χ2v) is 4.46. The number of nitrogens with one attached hydrogen (secondary N) is 1. The van der Waals surface area contributed by atoms with E-state index in [0.29, 0.717) is 34.4 Å². The molecule has 0 unspecified atom stereocenters. The second-order valence-electron chi connectivity index (χ2n) is 4.46. The van der Waals surface area contributed by atoms with Gasteiger partial charge < -0.3 is 24.3 Å². The number of pyridine rings is 1. The van der Waals surface area contributed by atoms with E-state index in [1.165, 1.54) is 28.4 Å². The summed E-state index contributed by atoms with van der Waals surface area (Å²) in [4.78, 5) is 16.4. The number of carbonyl (C=O) groups excluding carboxylic acids is 1. The number of hydrogen-bond donors (Lipinski definition) is 1. The number of amides is 1. The maximum atomic E-state index is 12.4. The highest BCUT2D eigenvalue weighted by Crippen LogP contribution is 2.38. The van der Waals surface area contributed by atoms with Gasteiger partial charge in [-0.3, -0.25) is 4.79 Å². The Morgan fingerprint density at radius 1 is 0.957 bits per heavy atom. The van der Waals surface area contributed by atoms with Gasteiger partial charge in [0.1, 0.15) is 0 Å². The van der Waals surface area contributed by atoms with Gasteiger partial charge in [-0.15, -0.1) is 0 Å². The van der Waals surface area contributed by atoms with Gasteiger partial charge in [0.2, 0.25) is 11.6 Å². The molecule has 1 aromatic heterocycles. The number of ether oxygens (including phenoxy) is 4. The second kappa shape index (κ2) is 7.35. The SMILES string of the molecule is COc1cc(NC(=O)c2cc(OC)c(OC)c(OC)c2)ccn1. The molecular formula is C16H18N2O5. The van der Waals surface area contributed by atoms with Crippen LogP contribution in [0.15, 0.2) is 30.5 Å². The third-order valence-corrected chi connectivity index (χ3v) is 3.13. The first kappa shape index (κ1) is 16.4. The minimum atomic E-state index is -0.322. The Morgan fingerprint density at radius 2 is 1.61 bits per heavy atom. The van der Waals surface area contributed by atoms with Crippen molar-refractivity contribution in [3.05, 3.63) is 36.0 Å². The molecule has 2 aromatic rings. The van der Waals surface area contributed by atoms with E-state index in [9.17, 15) is 4.79 Å². The number of benzene rings is 1. The van der Waals surface area contributed by atoms with Crippen LogP contribution in [-0.2, 0) is 0 Å². The Morgan fingerprint density at radius 3 is 2.13 bits per heavy atom. The molecule has 1 heterocycles. The molecule has 0 bridgehead atoms. The van der Waals surface area contributed by atoms with Gasteiger partial charge in [-0.05, 0) is 18.2 Å². The fourth-order valence-corrected chi connectivity index (χ4v) is 2.01. The van der Waals surface area contributed by atoms with Crippen LogP contribution in [0.5, 0.6) is 23.1 Å². The summed E-state index contributed by atoms with van der Waals surface area (Å²) >= 11 is 0. The number of nitrogens with zero attached hydrogens (tertiary/aromatic N) is 1. The van der Waals surface area contributed by atoms with Crippen molar-refractivity contribution in [3.63, 3.8) is 0 Å². The van der Waals surface area contributed by atoms with E-state index in [1.54, 1.807) is 30.5 Å². The number of methoxy groups -OCH3 is 4. The van der Waals surface area contributed by atoms with E-state index in [0.717, 1.165) is 0 Å². The topological polar surface area (TPSA) is 78.9 Å². The quantitative estimate of drug-likeness (QED) is 0.881. The first-order valence-corrected chi connectivity index (χ1v) is 6.74. The van der Waals surface area contributed by atoms with Crippen LogP contribution in [0.4, 0.5) is 5.69 Å². The number of hydrogen-bond acceptors (Lipinski definition) is 6. The summed E-state index contributed by atoms with van der Waals surface area (Å²) < 4.78 is 20.7. The van der Waals surface area contributed by atoms with Gasteiger partial charge in [-0.2, -0.15) is 0 Å². The minimum absolute atomic E-state index is 0.322. The predicted molar refractivity (Wildman–Crippen MR) is 84.8 cm³/mol. The van der Waals surface area contributed by atoms with Gasteiger partial charge in [0.05, 0.1) is 28.4 Å². The zero-order valence-electron chi connectivity index (χ0n) is 13.4. The Labute approximate surface area is 134 Å². The van der Waals surface area contributed by atoms with E-state index in [-0.39, 0.29) is 5.91 Å². The van der Waals surface area contributed by atoms with Crippen molar-refractivity contribution in [1.82, 2.24) is 4.98 Å². The van der Waals surface area contributed by atoms with Gasteiger partial charge in [0, 0.05) is 23.5 Å². The summed E-state index contributed by atoms with van der Waals surface area (Å²) in [6.45, 7) is 0. The minimum Gasteiger partial charge on any atom is -0.493 e. The van der Waals surface area contributed by atoms with E-state index >= 15 is 0 Å². The van der Waals surface area contributed by atoms with E-state index in [2.05, 4.69) is 10.3 Å². The fourth-order valence-electron chi connectivity index (χ4n) is 2.01. The maximum absolute atomic E-state index is 12.4. The average molecular weight is 318 g/mol. The third-order valence-electron chi connectivity index (χ3n) is 3.13. The standard InChI is InChI=1S/C16H18N2O5/c1-20-12-7-10(8-13(21-2)15(12)23-4)16(19)18-11-5-6-17-14(9-11)22-3/h5-9H,1-4H3,(H,17,18,19). The molecule has 1 N–H and O–H groups in total. The van der Waals surface area contributed by atoms with Crippen LogP contribution < -0.4 is 24.3 Å². The van der Waals surface area contributed by atoms with Crippen molar-refractivity contribution in [3.8, 4) is 23.1 Å². The lowest BCUT2D eigenvalue weighted by atomic mass is 10.1. The summed E-state index contributed by atoms with van der Waals surface area (Å²) in [7, 11) is 6.00. The zero-order valence-corrected chi connectivity index (χ0v) is 13.4. The molecule has 1 amide bonds. The largest absolute Gasteiger partial charge is 0.493 e. The molecule has 0 saturated carbocycles. The van der Waals surface area contributed by atoms with E-state index < -0.39 is 0 Å². The van der Waals surface area contributed by atoms with Crippen LogP contribution in [0.1, 0.15) is 10.4 Å². The van der Waals surface area contributed by atoms with Crippen LogP contribution in [0.25, 0.3) is 0 Å². The molecule has 7 heteroatoms. The average Bonchev–Trinajstić information content (AvgIpc) is 2.60. The molecule has 23 heavy (non-hydrogen) atoms. The lowest BCUT2D eigenvalue weighted by Gasteiger charge is -2.14. The number of aromatic nitrogens is 1. The third kappa shape index (κ3) is 3.63. The van der Waals surface area contributed by atoms with Crippen LogP contribution >= 0.6 is 0 Å². The van der Waals surface area contributed by atoms with Crippen LogP contribution in [0.3, 0.4) is 0 Å². The lowest BCUT2D eigenvalue weighted by molar-refractivity contribution is 0.102. The van der Waals surface area contributed by atoms with Crippen molar-refractivity contribution in [2.45, 2.75) is 0 Å². The van der Waals surface area contributed by atoms with Crippen molar-refractivity contribution in [2.75, 3.05) is 33.8 Å². The van der Waals surface area contributed by atoms with Crippen LogP contribution in [0.2, 0.25) is 0 Å². The summed E-state index contributed by atoms with van der Waals surface area (Å²) in [5, 5.41) is 2.76. The normalized spacial score (nSPS) is 9.91. The molecule has 0 aliphatic heterocycles. The number of carbonyl (C=O) groups is 1. The zero-order chi connectivity index (χ0) is 16.8. The van der Waals surface area contributed by atoms with Gasteiger partial charge in [-0.1, -0.05) is 0 Å². The highest BCUT2D eigenvalue weighted by molar-refractivity contribution is 6.05. The lowest BCUT2D eigenvalue weighted by Crippen LogP contribution is -2.12. The summed E-state index contributed by atoms with van der Waals surface area (Å²) in [6.07, 6.45) is 1.55. The Hall–Kier alpha value is -2.96. The molecular weight excluding hydrogens is 300 g/mol. The molecule has 0 saturated heterocycles. The first-order chi connectivity index (χ1) is 11.1. The van der Waals surface area contributed by atoms with Gasteiger partial charge in [0.15, 0.2) is 11.5 Å². The molecule has 1 aromatic carbocycles. The molecule has 0 aliphatic rings. The molecule has 2 rings (SSSR count). The Balaban J connectivity index is 2.31. The predicted octanol–water partition coefficient (Wildman–Crippen LogP) is 2.37. The van der Waals surface area contributed by atoms with Gasteiger partial charge in [0.25, 0.3) is 5.91 Å². The highest BCUT2D eigenvalue weighted by atomic mass is 16.5.